The molecule has 2 rings (SSSR count). The van der Waals surface area contributed by atoms with Gasteiger partial charge in [0.2, 0.25) is 0 Å². The SMILES string of the molecule is CC(C)CNc1ccc(C2CCCCN2C(C)C)cn1. The molecule has 1 atom stereocenters. The molecule has 1 saturated heterocycles. The molecule has 0 amide bonds. The van der Waals surface area contributed by atoms with E-state index in [1.807, 2.05) is 0 Å². The van der Waals surface area contributed by atoms with E-state index in [1.165, 1.54) is 31.4 Å². The van der Waals surface area contributed by atoms with Crippen LogP contribution in [0.3, 0.4) is 0 Å². The van der Waals surface area contributed by atoms with Crippen LogP contribution in [0.2, 0.25) is 0 Å². The topological polar surface area (TPSA) is 28.2 Å². The van der Waals surface area contributed by atoms with Gasteiger partial charge in [0.25, 0.3) is 0 Å². The summed E-state index contributed by atoms with van der Waals surface area (Å²) in [6, 6.07) is 5.54. The average Bonchev–Trinajstić information content (AvgIpc) is 2.45. The molecule has 1 unspecified atom stereocenters. The smallest absolute Gasteiger partial charge is 0.125 e. The first-order valence-corrected chi connectivity index (χ1v) is 8.03. The first-order chi connectivity index (χ1) is 9.58. The number of aromatic nitrogens is 1. The summed E-state index contributed by atoms with van der Waals surface area (Å²) in [6.07, 6.45) is 5.99. The fraction of sp³-hybridized carbons (Fsp3) is 0.706. The molecule has 0 radical (unpaired) electrons. The number of hydrogen-bond donors (Lipinski definition) is 1. The van der Waals surface area contributed by atoms with E-state index in [2.05, 4.69) is 61.2 Å². The molecular formula is C17H29N3. The summed E-state index contributed by atoms with van der Waals surface area (Å²) in [7, 11) is 0. The van der Waals surface area contributed by atoms with E-state index >= 15 is 0 Å². The van der Waals surface area contributed by atoms with Gasteiger partial charge in [-0.1, -0.05) is 26.3 Å². The van der Waals surface area contributed by atoms with Crippen molar-refractivity contribution in [3.05, 3.63) is 23.9 Å². The quantitative estimate of drug-likeness (QED) is 0.877. The number of hydrogen-bond acceptors (Lipinski definition) is 3. The Morgan fingerprint density at radius 1 is 1.25 bits per heavy atom. The molecule has 1 aliphatic rings. The lowest BCUT2D eigenvalue weighted by Crippen LogP contribution is -2.38. The summed E-state index contributed by atoms with van der Waals surface area (Å²) in [4.78, 5) is 7.19. The van der Waals surface area contributed by atoms with Crippen molar-refractivity contribution >= 4 is 5.82 Å². The Morgan fingerprint density at radius 2 is 2.05 bits per heavy atom. The van der Waals surface area contributed by atoms with Crippen LogP contribution in [0.4, 0.5) is 5.82 Å². The van der Waals surface area contributed by atoms with Gasteiger partial charge in [-0.05, 0) is 50.8 Å². The highest BCUT2D eigenvalue weighted by molar-refractivity contribution is 5.36. The Kier molecular flexibility index (Phi) is 5.41. The lowest BCUT2D eigenvalue weighted by atomic mass is 9.95. The summed E-state index contributed by atoms with van der Waals surface area (Å²) < 4.78 is 0. The van der Waals surface area contributed by atoms with Crippen LogP contribution in [0.15, 0.2) is 18.3 Å². The molecule has 3 nitrogen and oxygen atoms in total. The molecule has 3 heteroatoms. The minimum atomic E-state index is 0.551. The number of nitrogens with zero attached hydrogens (tertiary/aromatic N) is 2. The van der Waals surface area contributed by atoms with Crippen molar-refractivity contribution in [1.29, 1.82) is 0 Å². The molecule has 0 bridgehead atoms. The number of pyridine rings is 1. The van der Waals surface area contributed by atoms with Crippen molar-refractivity contribution < 1.29 is 0 Å². The highest BCUT2D eigenvalue weighted by atomic mass is 15.2. The standard InChI is InChI=1S/C17H29N3/c1-13(2)11-18-17-9-8-15(12-19-17)16-7-5-6-10-20(16)14(3)4/h8-9,12-14,16H,5-7,10-11H2,1-4H3,(H,18,19). The highest BCUT2D eigenvalue weighted by Gasteiger charge is 2.25. The second-order valence-electron chi connectivity index (χ2n) is 6.59. The second kappa shape index (κ2) is 7.07. The van der Waals surface area contributed by atoms with Crippen molar-refractivity contribution in [1.82, 2.24) is 9.88 Å². The molecule has 0 aromatic carbocycles. The molecule has 1 aliphatic heterocycles. The summed E-state index contributed by atoms with van der Waals surface area (Å²) in [5.41, 5.74) is 1.37. The Balaban J connectivity index is 2.04. The first-order valence-electron chi connectivity index (χ1n) is 8.03. The molecule has 0 spiro atoms. The Bertz CT molecular complexity index is 397. The van der Waals surface area contributed by atoms with Gasteiger partial charge in [0.1, 0.15) is 5.82 Å². The molecule has 1 aromatic heterocycles. The Labute approximate surface area is 123 Å². The fourth-order valence-corrected chi connectivity index (χ4v) is 2.95. The lowest BCUT2D eigenvalue weighted by Gasteiger charge is -2.38. The third kappa shape index (κ3) is 3.95. The largest absolute Gasteiger partial charge is 0.370 e. The Hall–Kier alpha value is -1.09. The molecular weight excluding hydrogens is 246 g/mol. The molecule has 2 heterocycles. The molecule has 0 saturated carbocycles. The van der Waals surface area contributed by atoms with Gasteiger partial charge in [0, 0.05) is 24.8 Å². The zero-order valence-electron chi connectivity index (χ0n) is 13.4. The van der Waals surface area contributed by atoms with E-state index in [9.17, 15) is 0 Å². The maximum Gasteiger partial charge on any atom is 0.125 e. The number of anilines is 1. The zero-order chi connectivity index (χ0) is 14.5. The van der Waals surface area contributed by atoms with Crippen LogP contribution < -0.4 is 5.32 Å². The monoisotopic (exact) mass is 275 g/mol. The summed E-state index contributed by atoms with van der Waals surface area (Å²) in [6.45, 7) is 11.2. The number of piperidine rings is 1. The van der Waals surface area contributed by atoms with E-state index in [4.69, 9.17) is 0 Å². The van der Waals surface area contributed by atoms with Crippen molar-refractivity contribution in [2.24, 2.45) is 5.92 Å². The lowest BCUT2D eigenvalue weighted by molar-refractivity contribution is 0.112. The van der Waals surface area contributed by atoms with Gasteiger partial charge in [-0.15, -0.1) is 0 Å². The molecule has 1 fully saturated rings. The predicted molar refractivity (Wildman–Crippen MR) is 86.0 cm³/mol. The minimum Gasteiger partial charge on any atom is -0.370 e. The van der Waals surface area contributed by atoms with Gasteiger partial charge in [0.15, 0.2) is 0 Å². The van der Waals surface area contributed by atoms with E-state index in [0.29, 0.717) is 18.0 Å². The fourth-order valence-electron chi connectivity index (χ4n) is 2.95. The van der Waals surface area contributed by atoms with Crippen LogP contribution in [0.1, 0.15) is 58.6 Å². The van der Waals surface area contributed by atoms with Crippen LogP contribution in [-0.4, -0.2) is 29.0 Å². The maximum absolute atomic E-state index is 4.58. The van der Waals surface area contributed by atoms with Gasteiger partial charge in [0.05, 0.1) is 0 Å². The van der Waals surface area contributed by atoms with Gasteiger partial charge in [-0.3, -0.25) is 4.90 Å². The molecule has 20 heavy (non-hydrogen) atoms. The van der Waals surface area contributed by atoms with Crippen molar-refractivity contribution in [3.63, 3.8) is 0 Å². The normalized spacial score (nSPS) is 20.6. The van der Waals surface area contributed by atoms with Crippen molar-refractivity contribution in [3.8, 4) is 0 Å². The predicted octanol–water partition coefficient (Wildman–Crippen LogP) is 4.08. The average molecular weight is 275 g/mol. The highest BCUT2D eigenvalue weighted by Crippen LogP contribution is 2.32. The van der Waals surface area contributed by atoms with Crippen molar-refractivity contribution in [2.75, 3.05) is 18.4 Å². The van der Waals surface area contributed by atoms with E-state index in [0.717, 1.165) is 12.4 Å². The minimum absolute atomic E-state index is 0.551. The molecule has 0 aliphatic carbocycles. The van der Waals surface area contributed by atoms with E-state index in [1.54, 1.807) is 0 Å². The third-order valence-corrected chi connectivity index (χ3v) is 4.07. The van der Waals surface area contributed by atoms with Gasteiger partial charge in [-0.2, -0.15) is 0 Å². The van der Waals surface area contributed by atoms with Gasteiger partial charge in [-0.25, -0.2) is 4.98 Å². The zero-order valence-corrected chi connectivity index (χ0v) is 13.4. The number of nitrogens with one attached hydrogen (secondary N) is 1. The number of rotatable bonds is 5. The summed E-state index contributed by atoms with van der Waals surface area (Å²) >= 11 is 0. The maximum atomic E-state index is 4.58. The molecule has 1 aromatic rings. The summed E-state index contributed by atoms with van der Waals surface area (Å²) in [5.74, 6) is 1.64. The summed E-state index contributed by atoms with van der Waals surface area (Å²) in [5, 5.41) is 3.38. The van der Waals surface area contributed by atoms with Crippen LogP contribution in [0, 0.1) is 5.92 Å². The van der Waals surface area contributed by atoms with Crippen LogP contribution in [0.25, 0.3) is 0 Å². The second-order valence-corrected chi connectivity index (χ2v) is 6.59. The van der Waals surface area contributed by atoms with E-state index in [-0.39, 0.29) is 0 Å². The van der Waals surface area contributed by atoms with Crippen LogP contribution in [0.5, 0.6) is 0 Å². The van der Waals surface area contributed by atoms with Crippen molar-refractivity contribution in [2.45, 2.75) is 59.0 Å². The van der Waals surface area contributed by atoms with E-state index < -0.39 is 0 Å². The van der Waals surface area contributed by atoms with Crippen LogP contribution in [-0.2, 0) is 0 Å². The van der Waals surface area contributed by atoms with Crippen LogP contribution >= 0.6 is 0 Å². The van der Waals surface area contributed by atoms with Gasteiger partial charge >= 0.3 is 0 Å². The first kappa shape index (κ1) is 15.3. The molecule has 1 N–H and O–H groups in total. The number of likely N-dealkylation sites (tertiary alicyclic amines) is 1. The molecule has 112 valence electrons. The Morgan fingerprint density at radius 3 is 2.65 bits per heavy atom. The van der Waals surface area contributed by atoms with Gasteiger partial charge < -0.3 is 5.32 Å². The third-order valence-electron chi connectivity index (χ3n) is 4.07.